The molecule has 0 aromatic rings. The summed E-state index contributed by atoms with van der Waals surface area (Å²) in [6.07, 6.45) is 2.11. The molecule has 1 aliphatic heterocycles. The van der Waals surface area contributed by atoms with Gasteiger partial charge in [0.25, 0.3) is 0 Å². The highest BCUT2D eigenvalue weighted by Gasteiger charge is 2.22. The summed E-state index contributed by atoms with van der Waals surface area (Å²) < 4.78 is 5.56. The molecule has 0 aliphatic carbocycles. The summed E-state index contributed by atoms with van der Waals surface area (Å²) in [6, 6.07) is -0.399. The maximum atomic E-state index is 11.9. The van der Waals surface area contributed by atoms with E-state index in [0.29, 0.717) is 0 Å². The van der Waals surface area contributed by atoms with Crippen LogP contribution >= 0.6 is 0 Å². The summed E-state index contributed by atoms with van der Waals surface area (Å²) in [4.78, 5) is 26.0. The van der Waals surface area contributed by atoms with Crippen LogP contribution in [0.15, 0.2) is 0 Å². The zero-order chi connectivity index (χ0) is 18.1. The number of amides is 2. The summed E-state index contributed by atoms with van der Waals surface area (Å²) >= 11 is 0. The maximum absolute atomic E-state index is 11.9. The molecule has 0 bridgehead atoms. The van der Waals surface area contributed by atoms with Crippen LogP contribution in [-0.4, -0.2) is 67.7 Å². The molecule has 2 amide bonds. The molecular formula is C17H34N4O3. The van der Waals surface area contributed by atoms with Gasteiger partial charge in [0.05, 0.1) is 25.3 Å². The quantitative estimate of drug-likeness (QED) is 0.552. The van der Waals surface area contributed by atoms with E-state index in [1.165, 1.54) is 0 Å². The SMILES string of the molecule is CC(C)OCCN1CCC(NC(=O)CNC(=O)[C@@H](N)C(C)C)CC1. The minimum atomic E-state index is -0.575. The molecule has 0 aromatic heterocycles. The van der Waals surface area contributed by atoms with Gasteiger partial charge in [-0.3, -0.25) is 9.59 Å². The molecule has 7 heteroatoms. The molecule has 0 saturated carbocycles. The number of nitrogens with two attached hydrogens (primary N) is 1. The van der Waals surface area contributed by atoms with Crippen LogP contribution in [0.3, 0.4) is 0 Å². The van der Waals surface area contributed by atoms with Crippen LogP contribution in [0.4, 0.5) is 0 Å². The van der Waals surface area contributed by atoms with Crippen LogP contribution in [0.2, 0.25) is 0 Å². The molecule has 1 heterocycles. The van der Waals surface area contributed by atoms with E-state index < -0.39 is 6.04 Å². The number of nitrogens with one attached hydrogen (secondary N) is 2. The summed E-state index contributed by atoms with van der Waals surface area (Å²) in [7, 11) is 0. The van der Waals surface area contributed by atoms with Gasteiger partial charge in [0.1, 0.15) is 0 Å². The molecule has 0 unspecified atom stereocenters. The number of carbonyl (C=O) groups is 2. The Hall–Kier alpha value is -1.18. The molecule has 1 atom stereocenters. The van der Waals surface area contributed by atoms with Crippen molar-refractivity contribution in [2.45, 2.75) is 58.7 Å². The molecule has 1 aliphatic rings. The fraction of sp³-hybridized carbons (Fsp3) is 0.882. The van der Waals surface area contributed by atoms with Gasteiger partial charge in [-0.05, 0) is 32.6 Å². The monoisotopic (exact) mass is 342 g/mol. The number of ether oxygens (including phenoxy) is 1. The van der Waals surface area contributed by atoms with Gasteiger partial charge < -0.3 is 26.0 Å². The Labute approximate surface area is 145 Å². The number of rotatable bonds is 9. The zero-order valence-electron chi connectivity index (χ0n) is 15.5. The minimum Gasteiger partial charge on any atom is -0.377 e. The van der Waals surface area contributed by atoms with Gasteiger partial charge in [-0.15, -0.1) is 0 Å². The van der Waals surface area contributed by atoms with Crippen LogP contribution in [0.5, 0.6) is 0 Å². The molecule has 0 spiro atoms. The molecule has 140 valence electrons. The first kappa shape index (κ1) is 20.9. The van der Waals surface area contributed by atoms with E-state index in [-0.39, 0.29) is 36.4 Å². The lowest BCUT2D eigenvalue weighted by Crippen LogP contribution is -2.50. The molecule has 4 N–H and O–H groups in total. The van der Waals surface area contributed by atoms with Crippen molar-refractivity contribution in [1.82, 2.24) is 15.5 Å². The predicted octanol–water partition coefficient (Wildman–Crippen LogP) is 0.0915. The summed E-state index contributed by atoms with van der Waals surface area (Å²) in [5.74, 6) is -0.377. The van der Waals surface area contributed by atoms with E-state index in [1.54, 1.807) is 0 Å². The number of piperidine rings is 1. The van der Waals surface area contributed by atoms with E-state index in [1.807, 2.05) is 27.7 Å². The lowest BCUT2D eigenvalue weighted by Gasteiger charge is -2.32. The minimum absolute atomic E-state index is 0.0122. The normalized spacial score (nSPS) is 18.0. The number of likely N-dealkylation sites (tertiary alicyclic amines) is 1. The third-order valence-electron chi connectivity index (χ3n) is 4.26. The number of nitrogens with zero attached hydrogens (tertiary/aromatic N) is 1. The molecule has 0 radical (unpaired) electrons. The Morgan fingerprint density at radius 2 is 1.83 bits per heavy atom. The highest BCUT2D eigenvalue weighted by molar-refractivity contribution is 5.87. The summed E-state index contributed by atoms with van der Waals surface area (Å²) in [6.45, 7) is 11.4. The average Bonchev–Trinajstić information content (AvgIpc) is 2.53. The van der Waals surface area contributed by atoms with Crippen LogP contribution in [0, 0.1) is 5.92 Å². The maximum Gasteiger partial charge on any atom is 0.239 e. The number of carbonyl (C=O) groups excluding carboxylic acids is 2. The molecule has 0 aromatic carbocycles. The van der Waals surface area contributed by atoms with Crippen LogP contribution in [0.1, 0.15) is 40.5 Å². The Balaban J connectivity index is 2.17. The van der Waals surface area contributed by atoms with Crippen molar-refractivity contribution in [3.63, 3.8) is 0 Å². The zero-order valence-corrected chi connectivity index (χ0v) is 15.5. The second-order valence-electron chi connectivity index (χ2n) is 7.09. The fourth-order valence-corrected chi connectivity index (χ4v) is 2.59. The van der Waals surface area contributed by atoms with Gasteiger partial charge in [-0.2, -0.15) is 0 Å². The van der Waals surface area contributed by atoms with E-state index >= 15 is 0 Å². The van der Waals surface area contributed by atoms with Crippen LogP contribution in [0.25, 0.3) is 0 Å². The number of hydrogen-bond acceptors (Lipinski definition) is 5. The largest absolute Gasteiger partial charge is 0.377 e. The molecule has 1 saturated heterocycles. The third kappa shape index (κ3) is 8.08. The Morgan fingerprint density at radius 1 is 1.21 bits per heavy atom. The van der Waals surface area contributed by atoms with Crippen molar-refractivity contribution >= 4 is 11.8 Å². The average molecular weight is 342 g/mol. The van der Waals surface area contributed by atoms with E-state index in [0.717, 1.165) is 39.1 Å². The van der Waals surface area contributed by atoms with E-state index in [9.17, 15) is 9.59 Å². The van der Waals surface area contributed by atoms with Gasteiger partial charge in [-0.1, -0.05) is 13.8 Å². The smallest absolute Gasteiger partial charge is 0.239 e. The lowest BCUT2D eigenvalue weighted by atomic mass is 10.0. The molecule has 1 fully saturated rings. The van der Waals surface area contributed by atoms with Crippen molar-refractivity contribution in [1.29, 1.82) is 0 Å². The van der Waals surface area contributed by atoms with Crippen molar-refractivity contribution in [2.75, 3.05) is 32.8 Å². The Bertz CT molecular complexity index is 393. The predicted molar refractivity (Wildman–Crippen MR) is 94.5 cm³/mol. The van der Waals surface area contributed by atoms with Crippen molar-refractivity contribution in [3.05, 3.63) is 0 Å². The van der Waals surface area contributed by atoms with Gasteiger partial charge in [0, 0.05) is 25.7 Å². The molecular weight excluding hydrogens is 308 g/mol. The van der Waals surface area contributed by atoms with E-state index in [4.69, 9.17) is 10.5 Å². The van der Waals surface area contributed by atoms with Gasteiger partial charge in [0.15, 0.2) is 0 Å². The third-order valence-corrected chi connectivity index (χ3v) is 4.26. The van der Waals surface area contributed by atoms with Crippen LogP contribution < -0.4 is 16.4 Å². The number of hydrogen-bond donors (Lipinski definition) is 3. The molecule has 1 rings (SSSR count). The van der Waals surface area contributed by atoms with Crippen molar-refractivity contribution < 1.29 is 14.3 Å². The second-order valence-corrected chi connectivity index (χ2v) is 7.09. The topological polar surface area (TPSA) is 96.7 Å². The van der Waals surface area contributed by atoms with Crippen molar-refractivity contribution in [2.24, 2.45) is 11.7 Å². The first-order valence-electron chi connectivity index (χ1n) is 8.96. The Kier molecular flexibility index (Phi) is 9.25. The standard InChI is InChI=1S/C17H34N4O3/c1-12(2)16(18)17(23)19-11-15(22)20-14-5-7-21(8-6-14)9-10-24-13(3)4/h12-14,16H,5-11,18H2,1-4H3,(H,19,23)(H,20,22)/t16-/m0/s1. The Morgan fingerprint density at radius 3 is 2.38 bits per heavy atom. The highest BCUT2D eigenvalue weighted by atomic mass is 16.5. The first-order valence-corrected chi connectivity index (χ1v) is 8.96. The van der Waals surface area contributed by atoms with Gasteiger partial charge >= 0.3 is 0 Å². The summed E-state index contributed by atoms with van der Waals surface area (Å²) in [5, 5.41) is 5.58. The highest BCUT2D eigenvalue weighted by Crippen LogP contribution is 2.10. The summed E-state index contributed by atoms with van der Waals surface area (Å²) in [5.41, 5.74) is 5.74. The van der Waals surface area contributed by atoms with Crippen LogP contribution in [-0.2, 0) is 14.3 Å². The van der Waals surface area contributed by atoms with Gasteiger partial charge in [-0.25, -0.2) is 0 Å². The van der Waals surface area contributed by atoms with Gasteiger partial charge in [0.2, 0.25) is 11.8 Å². The molecule has 7 nitrogen and oxygen atoms in total. The van der Waals surface area contributed by atoms with Crippen molar-refractivity contribution in [3.8, 4) is 0 Å². The van der Waals surface area contributed by atoms with E-state index in [2.05, 4.69) is 15.5 Å². The second kappa shape index (κ2) is 10.6. The lowest BCUT2D eigenvalue weighted by molar-refractivity contribution is -0.127. The first-order chi connectivity index (χ1) is 11.3. The molecule has 24 heavy (non-hydrogen) atoms. The fourth-order valence-electron chi connectivity index (χ4n) is 2.59.